The van der Waals surface area contributed by atoms with Crippen LogP contribution < -0.4 is 15.4 Å². The number of ether oxygens (including phenoxy) is 1. The first-order valence-corrected chi connectivity index (χ1v) is 13.8. The number of nitrogens with one attached hydrogen (secondary N) is 2. The van der Waals surface area contributed by atoms with E-state index in [2.05, 4.69) is 15.4 Å². The highest BCUT2D eigenvalue weighted by Crippen LogP contribution is 2.33. The number of rotatable bonds is 10. The number of alkyl halides is 3. The van der Waals surface area contributed by atoms with Gasteiger partial charge >= 0.3 is 12.4 Å². The molecule has 11 heteroatoms. The molecular formula is C28H30F4N2O4S. The molecule has 0 saturated heterocycles. The largest absolute Gasteiger partial charge is 0.573 e. The molecule has 2 amide bonds. The normalized spacial score (nSPS) is 13.4. The van der Waals surface area contributed by atoms with E-state index in [9.17, 15) is 30.8 Å². The Hall–Kier alpha value is -3.60. The second-order valence-electron chi connectivity index (χ2n) is 9.20. The Bertz CT molecular complexity index is 1390. The zero-order valence-electron chi connectivity index (χ0n) is 21.7. The van der Waals surface area contributed by atoms with Crippen molar-refractivity contribution in [3.8, 4) is 5.75 Å². The maximum absolute atomic E-state index is 14.4. The topological polar surface area (TPSA) is 84.5 Å². The predicted molar refractivity (Wildman–Crippen MR) is 139 cm³/mol. The van der Waals surface area contributed by atoms with Gasteiger partial charge in [0.1, 0.15) is 16.5 Å². The molecule has 6 nitrogen and oxygen atoms in total. The number of benzene rings is 3. The van der Waals surface area contributed by atoms with E-state index in [1.807, 2.05) is 20.8 Å². The van der Waals surface area contributed by atoms with E-state index in [1.54, 1.807) is 24.3 Å². The molecule has 39 heavy (non-hydrogen) atoms. The van der Waals surface area contributed by atoms with E-state index in [1.165, 1.54) is 18.2 Å². The van der Waals surface area contributed by atoms with Crippen LogP contribution in [0, 0.1) is 5.82 Å². The second kappa shape index (κ2) is 12.5. The Morgan fingerprint density at radius 3 is 2.23 bits per heavy atom. The Kier molecular flexibility index (Phi) is 9.60. The molecule has 0 aliphatic carbocycles. The van der Waals surface area contributed by atoms with Gasteiger partial charge in [-0.1, -0.05) is 55.8 Å². The van der Waals surface area contributed by atoms with Gasteiger partial charge in [0.2, 0.25) is 9.84 Å². The Balaban J connectivity index is 1.87. The highest BCUT2D eigenvalue weighted by atomic mass is 32.2. The number of urea groups is 1. The smallest absolute Gasteiger partial charge is 0.406 e. The molecule has 0 heterocycles. The third-order valence-corrected chi connectivity index (χ3v) is 7.88. The van der Waals surface area contributed by atoms with Gasteiger partial charge in [0, 0.05) is 6.04 Å². The highest BCUT2D eigenvalue weighted by Gasteiger charge is 2.32. The molecule has 0 fully saturated rings. The number of hydrogen-bond acceptors (Lipinski definition) is 4. The van der Waals surface area contributed by atoms with Gasteiger partial charge in [-0.3, -0.25) is 0 Å². The zero-order valence-corrected chi connectivity index (χ0v) is 22.5. The average Bonchev–Trinajstić information content (AvgIpc) is 2.84. The number of carbonyl (C=O) groups is 1. The molecule has 3 aromatic carbocycles. The fourth-order valence-corrected chi connectivity index (χ4v) is 5.68. The van der Waals surface area contributed by atoms with Crippen LogP contribution in [0.5, 0.6) is 5.75 Å². The Morgan fingerprint density at radius 2 is 1.62 bits per heavy atom. The second-order valence-corrected chi connectivity index (χ2v) is 11.1. The van der Waals surface area contributed by atoms with E-state index in [-0.39, 0.29) is 30.1 Å². The number of hydrogen-bond donors (Lipinski definition) is 2. The minimum Gasteiger partial charge on any atom is -0.406 e. The first-order chi connectivity index (χ1) is 18.3. The fraction of sp³-hybridized carbons (Fsp3) is 0.321. The molecule has 0 radical (unpaired) electrons. The van der Waals surface area contributed by atoms with Gasteiger partial charge in [-0.15, -0.1) is 13.2 Å². The van der Waals surface area contributed by atoms with Crippen molar-refractivity contribution < 1.29 is 35.5 Å². The standard InChI is InChI=1S/C28H30F4N2O4S/c1-4-7-18(2)33-27(35)34-19(3)21-12-10-20(11-13-21)16-22-14-15-23(38-28(30,31)32)17-26(22)39(36,37)25-9-6-5-8-24(25)29/h5-6,8-15,17-19H,4,7,16H2,1-3H3,(H2,33,34,35)/t18?,19-/m0/s1. The van der Waals surface area contributed by atoms with Crippen molar-refractivity contribution in [3.05, 3.63) is 89.2 Å². The first-order valence-electron chi connectivity index (χ1n) is 12.3. The van der Waals surface area contributed by atoms with Crippen LogP contribution in [-0.2, 0) is 16.3 Å². The van der Waals surface area contributed by atoms with Gasteiger partial charge in [-0.05, 0) is 67.6 Å². The van der Waals surface area contributed by atoms with Crippen LogP contribution in [0.4, 0.5) is 22.4 Å². The molecule has 0 aliphatic rings. The van der Waals surface area contributed by atoms with Gasteiger partial charge in [0.15, 0.2) is 0 Å². The van der Waals surface area contributed by atoms with Gasteiger partial charge in [-0.2, -0.15) is 0 Å². The van der Waals surface area contributed by atoms with Gasteiger partial charge < -0.3 is 15.4 Å². The summed E-state index contributed by atoms with van der Waals surface area (Å²) >= 11 is 0. The summed E-state index contributed by atoms with van der Waals surface area (Å²) in [4.78, 5) is 11.1. The lowest BCUT2D eigenvalue weighted by molar-refractivity contribution is -0.274. The number of amides is 2. The van der Waals surface area contributed by atoms with Crippen molar-refractivity contribution >= 4 is 15.9 Å². The van der Waals surface area contributed by atoms with Gasteiger partial charge in [-0.25, -0.2) is 17.6 Å². The molecule has 0 bridgehead atoms. The Labute approximate surface area is 225 Å². The van der Waals surface area contributed by atoms with Crippen LogP contribution in [0.15, 0.2) is 76.5 Å². The molecule has 3 rings (SSSR count). The average molecular weight is 567 g/mol. The van der Waals surface area contributed by atoms with Crippen LogP contribution in [0.3, 0.4) is 0 Å². The summed E-state index contributed by atoms with van der Waals surface area (Å²) in [5.41, 5.74) is 1.61. The van der Waals surface area contributed by atoms with E-state index in [0.29, 0.717) is 5.56 Å². The lowest BCUT2D eigenvalue weighted by Gasteiger charge is -2.18. The van der Waals surface area contributed by atoms with Crippen LogP contribution >= 0.6 is 0 Å². The molecule has 1 unspecified atom stereocenters. The van der Waals surface area contributed by atoms with Crippen molar-refractivity contribution in [2.75, 3.05) is 0 Å². The molecule has 0 spiro atoms. The van der Waals surface area contributed by atoms with E-state index >= 15 is 0 Å². The first kappa shape index (κ1) is 29.9. The van der Waals surface area contributed by atoms with Crippen LogP contribution in [-0.4, -0.2) is 26.9 Å². The molecule has 0 aliphatic heterocycles. The number of sulfone groups is 1. The summed E-state index contributed by atoms with van der Waals surface area (Å²) < 4.78 is 83.4. The summed E-state index contributed by atoms with van der Waals surface area (Å²) in [7, 11) is -4.52. The predicted octanol–water partition coefficient (Wildman–Crippen LogP) is 6.70. The Morgan fingerprint density at radius 1 is 0.949 bits per heavy atom. The summed E-state index contributed by atoms with van der Waals surface area (Å²) in [5.74, 6) is -1.76. The van der Waals surface area contributed by atoms with Crippen molar-refractivity contribution in [2.45, 2.75) is 68.3 Å². The van der Waals surface area contributed by atoms with Gasteiger partial charge in [0.05, 0.1) is 10.9 Å². The maximum atomic E-state index is 14.4. The van der Waals surface area contributed by atoms with Crippen LogP contribution in [0.25, 0.3) is 0 Å². The monoisotopic (exact) mass is 566 g/mol. The zero-order chi connectivity index (χ0) is 28.8. The minimum atomic E-state index is -5.04. The summed E-state index contributed by atoms with van der Waals surface area (Å²) in [5, 5.41) is 5.73. The molecule has 3 aromatic rings. The molecule has 0 aromatic heterocycles. The molecular weight excluding hydrogens is 536 g/mol. The molecule has 2 atom stereocenters. The number of carbonyl (C=O) groups excluding carboxylic acids is 1. The van der Waals surface area contributed by atoms with E-state index < -0.39 is 37.6 Å². The number of halogens is 4. The fourth-order valence-electron chi connectivity index (χ4n) is 4.10. The third kappa shape index (κ3) is 8.19. The third-order valence-electron chi connectivity index (χ3n) is 6.01. The van der Waals surface area contributed by atoms with Gasteiger partial charge in [0.25, 0.3) is 0 Å². The maximum Gasteiger partial charge on any atom is 0.573 e. The highest BCUT2D eigenvalue weighted by molar-refractivity contribution is 7.91. The summed E-state index contributed by atoms with van der Waals surface area (Å²) in [6.07, 6.45) is -3.20. The molecule has 0 saturated carbocycles. The van der Waals surface area contributed by atoms with Crippen molar-refractivity contribution in [3.63, 3.8) is 0 Å². The lowest BCUT2D eigenvalue weighted by Crippen LogP contribution is -2.41. The van der Waals surface area contributed by atoms with E-state index in [4.69, 9.17) is 0 Å². The minimum absolute atomic E-state index is 0.0341. The van der Waals surface area contributed by atoms with Crippen molar-refractivity contribution in [1.82, 2.24) is 10.6 Å². The quantitative estimate of drug-likeness (QED) is 0.268. The van der Waals surface area contributed by atoms with E-state index in [0.717, 1.165) is 42.7 Å². The summed E-state index contributed by atoms with van der Waals surface area (Å²) in [6, 6.07) is 14.0. The SMILES string of the molecule is CCCC(C)NC(=O)N[C@@H](C)c1ccc(Cc2ccc(OC(F)(F)F)cc2S(=O)(=O)c2ccccc2F)cc1. The van der Waals surface area contributed by atoms with Crippen LogP contribution in [0.2, 0.25) is 0 Å². The van der Waals surface area contributed by atoms with Crippen LogP contribution in [0.1, 0.15) is 56.3 Å². The molecule has 2 N–H and O–H groups in total. The lowest BCUT2D eigenvalue weighted by atomic mass is 10.0. The summed E-state index contributed by atoms with van der Waals surface area (Å²) in [6.45, 7) is 5.77. The molecule has 210 valence electrons. The van der Waals surface area contributed by atoms with Crippen molar-refractivity contribution in [2.24, 2.45) is 0 Å². The van der Waals surface area contributed by atoms with Crippen molar-refractivity contribution in [1.29, 1.82) is 0 Å².